The molecular formula is C13H17F2N3. The lowest BCUT2D eigenvalue weighted by Crippen LogP contribution is -2.33. The molecule has 98 valence electrons. The Balaban J connectivity index is 2.20. The monoisotopic (exact) mass is 253 g/mol. The van der Waals surface area contributed by atoms with E-state index in [0.717, 1.165) is 37.8 Å². The van der Waals surface area contributed by atoms with Crippen molar-refractivity contribution in [3.05, 3.63) is 35.4 Å². The van der Waals surface area contributed by atoms with Crippen LogP contribution in [0.3, 0.4) is 0 Å². The lowest BCUT2D eigenvalue weighted by molar-refractivity contribution is 0.442. The van der Waals surface area contributed by atoms with E-state index in [0.29, 0.717) is 11.4 Å². The topological polar surface area (TPSA) is 50.4 Å². The second kappa shape index (κ2) is 5.91. The fraction of sp³-hybridized carbons (Fsp3) is 0.462. The van der Waals surface area contributed by atoms with Crippen LogP contribution in [0.2, 0.25) is 0 Å². The zero-order chi connectivity index (χ0) is 13.0. The lowest BCUT2D eigenvalue weighted by Gasteiger charge is -2.19. The Kier molecular flexibility index (Phi) is 4.25. The van der Waals surface area contributed by atoms with Crippen LogP contribution in [0.5, 0.6) is 0 Å². The van der Waals surface area contributed by atoms with Crippen LogP contribution in [-0.2, 0) is 0 Å². The Morgan fingerprint density at radius 1 is 1.17 bits per heavy atom. The highest BCUT2D eigenvalue weighted by molar-refractivity contribution is 5.98. The summed E-state index contributed by atoms with van der Waals surface area (Å²) in [7, 11) is 0. The zero-order valence-corrected chi connectivity index (χ0v) is 10.1. The molecule has 18 heavy (non-hydrogen) atoms. The van der Waals surface area contributed by atoms with Crippen molar-refractivity contribution in [3.8, 4) is 0 Å². The Morgan fingerprint density at radius 3 is 2.50 bits per heavy atom. The first-order chi connectivity index (χ1) is 8.70. The third kappa shape index (κ3) is 3.04. The van der Waals surface area contributed by atoms with Crippen molar-refractivity contribution in [2.75, 3.05) is 0 Å². The maximum absolute atomic E-state index is 13.2. The molecular weight excluding hydrogens is 236 g/mol. The van der Waals surface area contributed by atoms with Crippen LogP contribution in [0.1, 0.15) is 37.7 Å². The summed E-state index contributed by atoms with van der Waals surface area (Å²) in [6.07, 6.45) is 5.60. The van der Waals surface area contributed by atoms with E-state index in [1.54, 1.807) is 0 Å². The fourth-order valence-electron chi connectivity index (χ4n) is 2.23. The molecule has 0 aliphatic heterocycles. The Morgan fingerprint density at radius 2 is 1.89 bits per heavy atom. The maximum atomic E-state index is 13.2. The molecule has 0 heterocycles. The van der Waals surface area contributed by atoms with Gasteiger partial charge in [-0.2, -0.15) is 0 Å². The molecule has 0 atom stereocenters. The molecule has 0 bridgehead atoms. The number of hydrazine groups is 1. The first kappa shape index (κ1) is 13.0. The predicted octanol–water partition coefficient (Wildman–Crippen LogP) is 2.51. The SMILES string of the molecule is NNC(=NC1CCCCC1)c1ccc(F)c(F)c1. The van der Waals surface area contributed by atoms with Gasteiger partial charge in [-0.05, 0) is 31.0 Å². The van der Waals surface area contributed by atoms with Crippen molar-refractivity contribution in [1.29, 1.82) is 0 Å². The summed E-state index contributed by atoms with van der Waals surface area (Å²) in [6, 6.07) is 3.88. The van der Waals surface area contributed by atoms with Crippen molar-refractivity contribution in [2.45, 2.75) is 38.1 Å². The molecule has 5 heteroatoms. The van der Waals surface area contributed by atoms with Gasteiger partial charge in [-0.3, -0.25) is 4.99 Å². The van der Waals surface area contributed by atoms with Crippen molar-refractivity contribution >= 4 is 5.84 Å². The molecule has 3 nitrogen and oxygen atoms in total. The van der Waals surface area contributed by atoms with Gasteiger partial charge in [-0.1, -0.05) is 19.3 Å². The minimum absolute atomic E-state index is 0.220. The van der Waals surface area contributed by atoms with Gasteiger partial charge >= 0.3 is 0 Å². The molecule has 1 aromatic rings. The van der Waals surface area contributed by atoms with Crippen molar-refractivity contribution in [2.24, 2.45) is 10.8 Å². The molecule has 1 fully saturated rings. The van der Waals surface area contributed by atoms with E-state index in [2.05, 4.69) is 10.4 Å². The van der Waals surface area contributed by atoms with Crippen molar-refractivity contribution < 1.29 is 8.78 Å². The highest BCUT2D eigenvalue weighted by atomic mass is 19.2. The number of nitrogens with two attached hydrogens (primary N) is 1. The van der Waals surface area contributed by atoms with E-state index in [-0.39, 0.29) is 6.04 Å². The highest BCUT2D eigenvalue weighted by Gasteiger charge is 2.14. The molecule has 1 aromatic carbocycles. The average Bonchev–Trinajstić information content (AvgIpc) is 2.40. The van der Waals surface area contributed by atoms with Gasteiger partial charge in [-0.15, -0.1) is 0 Å². The number of benzene rings is 1. The van der Waals surface area contributed by atoms with Gasteiger partial charge in [0.1, 0.15) is 5.84 Å². The third-order valence-electron chi connectivity index (χ3n) is 3.22. The molecule has 0 aromatic heterocycles. The van der Waals surface area contributed by atoms with Crippen LogP contribution >= 0.6 is 0 Å². The molecule has 0 amide bonds. The van der Waals surface area contributed by atoms with Gasteiger partial charge in [0.05, 0.1) is 6.04 Å². The zero-order valence-electron chi connectivity index (χ0n) is 10.1. The second-order valence-corrected chi connectivity index (χ2v) is 4.54. The average molecular weight is 253 g/mol. The van der Waals surface area contributed by atoms with E-state index in [9.17, 15) is 8.78 Å². The van der Waals surface area contributed by atoms with Gasteiger partial charge in [0.2, 0.25) is 0 Å². The van der Waals surface area contributed by atoms with E-state index in [1.165, 1.54) is 12.5 Å². The summed E-state index contributed by atoms with van der Waals surface area (Å²) in [5, 5.41) is 0. The summed E-state index contributed by atoms with van der Waals surface area (Å²) in [6.45, 7) is 0. The minimum Gasteiger partial charge on any atom is -0.308 e. The van der Waals surface area contributed by atoms with Crippen LogP contribution < -0.4 is 11.3 Å². The maximum Gasteiger partial charge on any atom is 0.159 e. The Labute approximate surface area is 105 Å². The van der Waals surface area contributed by atoms with Crippen LogP contribution in [0, 0.1) is 11.6 Å². The molecule has 0 spiro atoms. The highest BCUT2D eigenvalue weighted by Crippen LogP contribution is 2.21. The summed E-state index contributed by atoms with van der Waals surface area (Å²) in [5.41, 5.74) is 2.95. The first-order valence-electron chi connectivity index (χ1n) is 6.20. The van der Waals surface area contributed by atoms with Gasteiger partial charge in [0.15, 0.2) is 11.6 Å². The Hall–Kier alpha value is -1.49. The number of rotatable bonds is 2. The predicted molar refractivity (Wildman–Crippen MR) is 67.1 cm³/mol. The van der Waals surface area contributed by atoms with E-state index >= 15 is 0 Å². The molecule has 0 unspecified atom stereocenters. The number of halogens is 2. The molecule has 2 rings (SSSR count). The fourth-order valence-corrected chi connectivity index (χ4v) is 2.23. The smallest absolute Gasteiger partial charge is 0.159 e. The number of hydrogen-bond acceptors (Lipinski definition) is 2. The van der Waals surface area contributed by atoms with Gasteiger partial charge in [0.25, 0.3) is 0 Å². The van der Waals surface area contributed by atoms with Gasteiger partial charge in [-0.25, -0.2) is 14.6 Å². The van der Waals surface area contributed by atoms with E-state index < -0.39 is 11.6 Å². The number of amidine groups is 1. The standard InChI is InChI=1S/C13H17F2N3/c14-11-7-6-9(8-12(11)15)13(18-16)17-10-4-2-1-3-5-10/h6-8,10H,1-5,16H2,(H,17,18). The van der Waals surface area contributed by atoms with E-state index in [4.69, 9.17) is 5.84 Å². The quantitative estimate of drug-likeness (QED) is 0.368. The van der Waals surface area contributed by atoms with Gasteiger partial charge < -0.3 is 5.43 Å². The number of nitrogens with zero attached hydrogens (tertiary/aromatic N) is 1. The van der Waals surface area contributed by atoms with Crippen molar-refractivity contribution in [1.82, 2.24) is 5.43 Å². The third-order valence-corrected chi connectivity index (χ3v) is 3.22. The van der Waals surface area contributed by atoms with Crippen LogP contribution in [0.25, 0.3) is 0 Å². The van der Waals surface area contributed by atoms with Crippen LogP contribution in [0.4, 0.5) is 8.78 Å². The normalized spacial score (nSPS) is 17.8. The summed E-state index contributed by atoms with van der Waals surface area (Å²) in [4.78, 5) is 4.49. The number of aliphatic imine (C=N–C) groups is 1. The number of hydrogen-bond donors (Lipinski definition) is 2. The number of nitrogens with one attached hydrogen (secondary N) is 1. The van der Waals surface area contributed by atoms with E-state index in [1.807, 2.05) is 0 Å². The second-order valence-electron chi connectivity index (χ2n) is 4.54. The lowest BCUT2D eigenvalue weighted by atomic mass is 9.96. The largest absolute Gasteiger partial charge is 0.308 e. The molecule has 1 saturated carbocycles. The molecule has 3 N–H and O–H groups in total. The van der Waals surface area contributed by atoms with Crippen LogP contribution in [0.15, 0.2) is 23.2 Å². The molecule has 1 aliphatic rings. The van der Waals surface area contributed by atoms with Gasteiger partial charge in [0, 0.05) is 5.56 Å². The first-order valence-corrected chi connectivity index (χ1v) is 6.20. The summed E-state index contributed by atoms with van der Waals surface area (Å²) in [5.74, 6) is 4.07. The molecule has 0 radical (unpaired) electrons. The van der Waals surface area contributed by atoms with Crippen LogP contribution in [-0.4, -0.2) is 11.9 Å². The summed E-state index contributed by atoms with van der Waals surface area (Å²) >= 11 is 0. The Bertz CT molecular complexity index is 440. The minimum atomic E-state index is -0.890. The van der Waals surface area contributed by atoms with Crippen molar-refractivity contribution in [3.63, 3.8) is 0 Å². The molecule has 1 aliphatic carbocycles. The molecule has 0 saturated heterocycles. The summed E-state index contributed by atoms with van der Waals surface area (Å²) < 4.78 is 26.0.